The van der Waals surface area contributed by atoms with Crippen LogP contribution in [0.25, 0.3) is 0 Å². The maximum atomic E-state index is 12.3. The maximum Gasteiger partial charge on any atom is 0.265 e. The fraction of sp³-hybridized carbons (Fsp3) is 0.0526. The highest BCUT2D eigenvalue weighted by Gasteiger charge is 2.10. The Bertz CT molecular complexity index is 921. The predicted molar refractivity (Wildman–Crippen MR) is 107 cm³/mol. The first-order chi connectivity index (χ1) is 12.5. The smallest absolute Gasteiger partial charge is 0.265 e. The first-order valence-electron chi connectivity index (χ1n) is 7.67. The van der Waals surface area contributed by atoms with E-state index in [9.17, 15) is 9.59 Å². The number of halogens is 1. The Kier molecular flexibility index (Phi) is 5.70. The first-order valence-corrected chi connectivity index (χ1v) is 9.28. The second-order valence-corrected chi connectivity index (χ2v) is 7.78. The van der Waals surface area contributed by atoms with Crippen molar-refractivity contribution in [2.45, 2.75) is 0 Å². The highest BCUT2D eigenvalue weighted by atomic mass is 79.9. The molecule has 5 nitrogen and oxygen atoms in total. The number of hydrogen-bond donors (Lipinski definition) is 2. The van der Waals surface area contributed by atoms with Gasteiger partial charge in [0.1, 0.15) is 5.75 Å². The average molecular weight is 431 g/mol. The van der Waals surface area contributed by atoms with E-state index >= 15 is 0 Å². The van der Waals surface area contributed by atoms with Crippen LogP contribution in [0.5, 0.6) is 5.75 Å². The summed E-state index contributed by atoms with van der Waals surface area (Å²) in [5.41, 5.74) is 1.80. The van der Waals surface area contributed by atoms with Crippen molar-refractivity contribution in [3.05, 3.63) is 74.9 Å². The summed E-state index contributed by atoms with van der Waals surface area (Å²) < 4.78 is 5.98. The van der Waals surface area contributed by atoms with Crippen molar-refractivity contribution in [2.24, 2.45) is 0 Å². The van der Waals surface area contributed by atoms with E-state index in [1.165, 1.54) is 11.3 Å². The molecule has 132 valence electrons. The van der Waals surface area contributed by atoms with E-state index in [1.807, 2.05) is 6.07 Å². The normalized spacial score (nSPS) is 10.2. The zero-order valence-electron chi connectivity index (χ0n) is 13.8. The van der Waals surface area contributed by atoms with Crippen LogP contribution in [0.3, 0.4) is 0 Å². The van der Waals surface area contributed by atoms with Gasteiger partial charge in [0, 0.05) is 16.9 Å². The fourth-order valence-electron chi connectivity index (χ4n) is 2.21. The molecule has 7 heteroatoms. The van der Waals surface area contributed by atoms with Gasteiger partial charge in [0.15, 0.2) is 0 Å². The zero-order valence-corrected chi connectivity index (χ0v) is 16.2. The topological polar surface area (TPSA) is 67.4 Å². The van der Waals surface area contributed by atoms with E-state index in [2.05, 4.69) is 26.6 Å². The quantitative estimate of drug-likeness (QED) is 0.596. The van der Waals surface area contributed by atoms with Gasteiger partial charge in [0.2, 0.25) is 0 Å². The number of hydrogen-bond acceptors (Lipinski definition) is 4. The Balaban J connectivity index is 1.62. The molecule has 2 amide bonds. The van der Waals surface area contributed by atoms with Gasteiger partial charge >= 0.3 is 0 Å². The van der Waals surface area contributed by atoms with Crippen LogP contribution in [0.15, 0.2) is 64.5 Å². The molecule has 0 aliphatic carbocycles. The molecule has 0 atom stereocenters. The van der Waals surface area contributed by atoms with Gasteiger partial charge in [0.25, 0.3) is 11.8 Å². The molecule has 0 aliphatic heterocycles. The van der Waals surface area contributed by atoms with Crippen molar-refractivity contribution in [1.82, 2.24) is 0 Å². The van der Waals surface area contributed by atoms with E-state index in [0.29, 0.717) is 21.8 Å². The summed E-state index contributed by atoms with van der Waals surface area (Å²) in [6.07, 6.45) is 0. The number of benzene rings is 2. The van der Waals surface area contributed by atoms with E-state index in [4.69, 9.17) is 4.74 Å². The van der Waals surface area contributed by atoms with Crippen LogP contribution in [0.1, 0.15) is 20.0 Å². The lowest BCUT2D eigenvalue weighted by Crippen LogP contribution is -2.13. The Labute approximate surface area is 163 Å². The number of carbonyl (C=O) groups excluding carboxylic acids is 2. The number of anilines is 2. The zero-order chi connectivity index (χ0) is 18.5. The molecule has 0 spiro atoms. The summed E-state index contributed by atoms with van der Waals surface area (Å²) in [6, 6.07) is 17.4. The average Bonchev–Trinajstić information content (AvgIpc) is 3.09. The van der Waals surface area contributed by atoms with Gasteiger partial charge in [-0.2, -0.15) is 0 Å². The Hall–Kier alpha value is -2.64. The third-order valence-electron chi connectivity index (χ3n) is 3.55. The fourth-order valence-corrected chi connectivity index (χ4v) is 3.49. The number of amides is 2. The van der Waals surface area contributed by atoms with Gasteiger partial charge in [-0.05, 0) is 76.6 Å². The molecule has 0 bridgehead atoms. The van der Waals surface area contributed by atoms with Crippen LogP contribution in [0.4, 0.5) is 11.4 Å². The minimum atomic E-state index is -0.227. The van der Waals surface area contributed by atoms with Gasteiger partial charge in [-0.3, -0.25) is 9.59 Å². The molecule has 0 unspecified atom stereocenters. The number of ether oxygens (including phenoxy) is 1. The Morgan fingerprint density at radius 2 is 1.42 bits per heavy atom. The molecule has 0 aliphatic rings. The van der Waals surface area contributed by atoms with Gasteiger partial charge in [-0.15, -0.1) is 11.3 Å². The van der Waals surface area contributed by atoms with E-state index in [1.54, 1.807) is 61.7 Å². The van der Waals surface area contributed by atoms with Gasteiger partial charge in [0.05, 0.1) is 15.8 Å². The lowest BCUT2D eigenvalue weighted by Gasteiger charge is -2.08. The van der Waals surface area contributed by atoms with Crippen LogP contribution < -0.4 is 15.4 Å². The molecule has 0 radical (unpaired) electrons. The molecule has 3 aromatic rings. The number of methoxy groups -OCH3 is 1. The van der Waals surface area contributed by atoms with Gasteiger partial charge in [-0.25, -0.2) is 0 Å². The molecular formula is C19H15BrN2O3S. The highest BCUT2D eigenvalue weighted by molar-refractivity contribution is 9.11. The standard InChI is InChI=1S/C19H15BrN2O3S/c1-25-15-8-6-14(7-9-15)21-18(23)12-2-4-13(5-3-12)22-19(24)16-10-11-17(20)26-16/h2-11H,1H3,(H,21,23)(H,22,24). The number of nitrogens with one attached hydrogen (secondary N) is 2. The third-order valence-corrected chi connectivity index (χ3v) is 5.17. The minimum absolute atomic E-state index is 0.184. The van der Waals surface area contributed by atoms with Crippen LogP contribution in [-0.2, 0) is 0 Å². The van der Waals surface area contributed by atoms with Crippen molar-refractivity contribution in [1.29, 1.82) is 0 Å². The molecule has 1 aromatic heterocycles. The Morgan fingerprint density at radius 1 is 0.846 bits per heavy atom. The van der Waals surface area contributed by atoms with Crippen LogP contribution in [0, 0.1) is 0 Å². The van der Waals surface area contributed by atoms with Crippen molar-refractivity contribution in [3.8, 4) is 5.75 Å². The summed E-state index contributed by atoms with van der Waals surface area (Å²) in [7, 11) is 1.59. The molecule has 0 fully saturated rings. The van der Waals surface area contributed by atoms with Crippen LogP contribution in [0.2, 0.25) is 0 Å². The molecule has 1 heterocycles. The molecule has 2 aromatic carbocycles. The molecule has 0 saturated heterocycles. The summed E-state index contributed by atoms with van der Waals surface area (Å²) in [4.78, 5) is 25.0. The second kappa shape index (κ2) is 8.16. The number of rotatable bonds is 5. The Morgan fingerprint density at radius 3 is 1.96 bits per heavy atom. The van der Waals surface area contributed by atoms with Crippen molar-refractivity contribution < 1.29 is 14.3 Å². The van der Waals surface area contributed by atoms with Crippen molar-refractivity contribution in [2.75, 3.05) is 17.7 Å². The largest absolute Gasteiger partial charge is 0.497 e. The van der Waals surface area contributed by atoms with Crippen molar-refractivity contribution >= 4 is 50.5 Å². The maximum absolute atomic E-state index is 12.3. The lowest BCUT2D eigenvalue weighted by molar-refractivity contribution is 0.102. The number of carbonyl (C=O) groups is 2. The van der Waals surface area contributed by atoms with E-state index in [-0.39, 0.29) is 11.8 Å². The summed E-state index contributed by atoms with van der Waals surface area (Å²) in [5.74, 6) is 0.312. The molecule has 2 N–H and O–H groups in total. The van der Waals surface area contributed by atoms with Gasteiger partial charge in [-0.1, -0.05) is 0 Å². The SMILES string of the molecule is COc1ccc(NC(=O)c2ccc(NC(=O)c3ccc(Br)s3)cc2)cc1. The molecule has 3 rings (SSSR count). The minimum Gasteiger partial charge on any atom is -0.497 e. The van der Waals surface area contributed by atoms with Crippen LogP contribution in [-0.4, -0.2) is 18.9 Å². The molecule has 0 saturated carbocycles. The van der Waals surface area contributed by atoms with Crippen LogP contribution >= 0.6 is 27.3 Å². The van der Waals surface area contributed by atoms with Gasteiger partial charge < -0.3 is 15.4 Å². The first kappa shape index (κ1) is 18.2. The predicted octanol–water partition coefficient (Wildman–Crippen LogP) is 5.02. The summed E-state index contributed by atoms with van der Waals surface area (Å²) >= 11 is 4.69. The second-order valence-electron chi connectivity index (χ2n) is 5.32. The highest BCUT2D eigenvalue weighted by Crippen LogP contribution is 2.23. The number of thiophene rings is 1. The molecular weight excluding hydrogens is 416 g/mol. The summed E-state index contributed by atoms with van der Waals surface area (Å²) in [6.45, 7) is 0. The van der Waals surface area contributed by atoms with Crippen molar-refractivity contribution in [3.63, 3.8) is 0 Å². The lowest BCUT2D eigenvalue weighted by atomic mass is 10.2. The summed E-state index contributed by atoms with van der Waals surface area (Å²) in [5, 5.41) is 5.62. The molecule has 26 heavy (non-hydrogen) atoms. The third kappa shape index (κ3) is 4.50. The van der Waals surface area contributed by atoms with E-state index in [0.717, 1.165) is 9.54 Å². The van der Waals surface area contributed by atoms with E-state index < -0.39 is 0 Å². The monoisotopic (exact) mass is 430 g/mol.